The molecular weight excluding hydrogens is 234 g/mol. The fraction of sp³-hybridized carbons (Fsp3) is 0.167. The molecule has 1 aromatic carbocycles. The first-order valence-electron chi connectivity index (χ1n) is 5.42. The Labute approximate surface area is 103 Å². The molecule has 0 amide bonds. The van der Waals surface area contributed by atoms with Crippen LogP contribution in [0.25, 0.3) is 0 Å². The van der Waals surface area contributed by atoms with E-state index in [1.165, 1.54) is 17.1 Å². The van der Waals surface area contributed by atoms with Gasteiger partial charge in [0.15, 0.2) is 5.78 Å². The van der Waals surface area contributed by atoms with Crippen molar-refractivity contribution < 1.29 is 9.72 Å². The van der Waals surface area contributed by atoms with Crippen LogP contribution in [-0.2, 0) is 6.54 Å². The van der Waals surface area contributed by atoms with Crippen LogP contribution < -0.4 is 0 Å². The summed E-state index contributed by atoms with van der Waals surface area (Å²) in [5.74, 6) is -0.00578. The van der Waals surface area contributed by atoms with E-state index in [9.17, 15) is 14.9 Å². The topological polar surface area (TPSA) is 78.0 Å². The standard InChI is InChI=1S/C12H11N3O3/c16-12(10-4-2-1-3-5-10)6-7-14-9-11(8-13-14)15(17)18/h1-5,8-9H,6-7H2. The van der Waals surface area contributed by atoms with Crippen LogP contribution in [-0.4, -0.2) is 20.5 Å². The van der Waals surface area contributed by atoms with Crippen molar-refractivity contribution >= 4 is 11.5 Å². The molecule has 0 fully saturated rings. The molecule has 0 saturated carbocycles. The van der Waals surface area contributed by atoms with Gasteiger partial charge in [-0.3, -0.25) is 19.6 Å². The molecule has 0 aliphatic heterocycles. The summed E-state index contributed by atoms with van der Waals surface area (Å²) in [6, 6.07) is 8.92. The van der Waals surface area contributed by atoms with Gasteiger partial charge in [-0.25, -0.2) is 0 Å². The minimum atomic E-state index is -0.511. The Morgan fingerprint density at radius 2 is 2.06 bits per heavy atom. The fourth-order valence-electron chi connectivity index (χ4n) is 1.55. The van der Waals surface area contributed by atoms with Gasteiger partial charge in [0, 0.05) is 18.5 Å². The van der Waals surface area contributed by atoms with Gasteiger partial charge < -0.3 is 0 Å². The minimum absolute atomic E-state index is 0.00578. The third-order valence-electron chi connectivity index (χ3n) is 2.49. The van der Waals surface area contributed by atoms with Gasteiger partial charge in [0.25, 0.3) is 0 Å². The molecule has 1 aromatic heterocycles. The number of carbonyl (C=O) groups is 1. The van der Waals surface area contributed by atoms with Crippen LogP contribution in [0, 0.1) is 10.1 Å². The van der Waals surface area contributed by atoms with Crippen molar-refractivity contribution in [2.24, 2.45) is 0 Å². The number of Topliss-reactive ketones (excluding diaryl/α,β-unsaturated/α-hetero) is 1. The summed E-state index contributed by atoms with van der Waals surface area (Å²) in [7, 11) is 0. The van der Waals surface area contributed by atoms with Gasteiger partial charge in [-0.15, -0.1) is 0 Å². The highest BCUT2D eigenvalue weighted by Crippen LogP contribution is 2.09. The third kappa shape index (κ3) is 2.79. The van der Waals surface area contributed by atoms with E-state index < -0.39 is 4.92 Å². The largest absolute Gasteiger partial charge is 0.306 e. The van der Waals surface area contributed by atoms with Gasteiger partial charge in [-0.05, 0) is 0 Å². The van der Waals surface area contributed by atoms with Gasteiger partial charge in [0.1, 0.15) is 12.4 Å². The lowest BCUT2D eigenvalue weighted by molar-refractivity contribution is -0.385. The molecule has 0 N–H and O–H groups in total. The van der Waals surface area contributed by atoms with Gasteiger partial charge in [-0.2, -0.15) is 5.10 Å². The van der Waals surface area contributed by atoms with Crippen molar-refractivity contribution in [3.63, 3.8) is 0 Å². The molecule has 0 radical (unpaired) electrons. The monoisotopic (exact) mass is 245 g/mol. The summed E-state index contributed by atoms with van der Waals surface area (Å²) >= 11 is 0. The van der Waals surface area contributed by atoms with Crippen LogP contribution in [0.5, 0.6) is 0 Å². The molecule has 0 spiro atoms. The normalized spacial score (nSPS) is 10.2. The smallest absolute Gasteiger partial charge is 0.294 e. The van der Waals surface area contributed by atoms with Gasteiger partial charge >= 0.3 is 5.69 Å². The molecule has 0 aliphatic rings. The zero-order chi connectivity index (χ0) is 13.0. The van der Waals surface area contributed by atoms with Crippen molar-refractivity contribution in [2.75, 3.05) is 0 Å². The van der Waals surface area contributed by atoms with E-state index in [1.807, 2.05) is 6.07 Å². The van der Waals surface area contributed by atoms with Crippen molar-refractivity contribution in [3.05, 3.63) is 58.4 Å². The molecule has 0 saturated heterocycles. The third-order valence-corrected chi connectivity index (χ3v) is 2.49. The zero-order valence-electron chi connectivity index (χ0n) is 9.52. The number of rotatable bonds is 5. The van der Waals surface area contributed by atoms with Crippen molar-refractivity contribution in [1.82, 2.24) is 9.78 Å². The molecule has 0 aliphatic carbocycles. The summed E-state index contributed by atoms with van der Waals surface area (Å²) in [5, 5.41) is 14.3. The second-order valence-electron chi connectivity index (χ2n) is 3.76. The van der Waals surface area contributed by atoms with Crippen LogP contribution in [0.4, 0.5) is 5.69 Å². The molecule has 0 bridgehead atoms. The second-order valence-corrected chi connectivity index (χ2v) is 3.76. The Morgan fingerprint density at radius 3 is 2.67 bits per heavy atom. The molecular formula is C12H11N3O3. The number of benzene rings is 1. The van der Waals surface area contributed by atoms with Crippen molar-refractivity contribution in [1.29, 1.82) is 0 Å². The first-order chi connectivity index (χ1) is 8.66. The summed E-state index contributed by atoms with van der Waals surface area (Å²) in [6.07, 6.45) is 2.76. The van der Waals surface area contributed by atoms with E-state index in [-0.39, 0.29) is 17.9 Å². The van der Waals surface area contributed by atoms with Crippen LogP contribution >= 0.6 is 0 Å². The lowest BCUT2D eigenvalue weighted by Gasteiger charge is -2.00. The Hall–Kier alpha value is -2.50. The van der Waals surface area contributed by atoms with Crippen molar-refractivity contribution in [2.45, 2.75) is 13.0 Å². The predicted molar refractivity (Wildman–Crippen MR) is 64.3 cm³/mol. The highest BCUT2D eigenvalue weighted by Gasteiger charge is 2.10. The second kappa shape index (κ2) is 5.22. The van der Waals surface area contributed by atoms with E-state index in [4.69, 9.17) is 0 Å². The minimum Gasteiger partial charge on any atom is -0.294 e. The Kier molecular flexibility index (Phi) is 3.47. The molecule has 0 atom stereocenters. The highest BCUT2D eigenvalue weighted by molar-refractivity contribution is 5.95. The number of aromatic nitrogens is 2. The fourth-order valence-corrected chi connectivity index (χ4v) is 1.55. The van der Waals surface area contributed by atoms with E-state index in [2.05, 4.69) is 5.10 Å². The molecule has 18 heavy (non-hydrogen) atoms. The molecule has 0 unspecified atom stereocenters. The maximum atomic E-state index is 11.8. The molecule has 2 rings (SSSR count). The molecule has 2 aromatic rings. The number of carbonyl (C=O) groups excluding carboxylic acids is 1. The van der Waals surface area contributed by atoms with Crippen LogP contribution in [0.1, 0.15) is 16.8 Å². The van der Waals surface area contributed by atoms with E-state index in [0.717, 1.165) is 0 Å². The Morgan fingerprint density at radius 1 is 1.33 bits per heavy atom. The highest BCUT2D eigenvalue weighted by atomic mass is 16.6. The maximum Gasteiger partial charge on any atom is 0.306 e. The van der Waals surface area contributed by atoms with E-state index in [0.29, 0.717) is 12.1 Å². The number of aryl methyl sites for hydroxylation is 1. The first-order valence-corrected chi connectivity index (χ1v) is 5.42. The van der Waals surface area contributed by atoms with E-state index >= 15 is 0 Å². The number of hydrogen-bond donors (Lipinski definition) is 0. The number of nitro groups is 1. The molecule has 6 nitrogen and oxygen atoms in total. The predicted octanol–water partition coefficient (Wildman–Crippen LogP) is 2.06. The number of ketones is 1. The Bertz CT molecular complexity index is 563. The summed E-state index contributed by atoms with van der Waals surface area (Å²) in [4.78, 5) is 21.7. The van der Waals surface area contributed by atoms with Crippen LogP contribution in [0.2, 0.25) is 0 Å². The van der Waals surface area contributed by atoms with Crippen LogP contribution in [0.3, 0.4) is 0 Å². The molecule has 92 valence electrons. The first kappa shape index (κ1) is 12.0. The van der Waals surface area contributed by atoms with Gasteiger partial charge in [0.05, 0.1) is 4.92 Å². The van der Waals surface area contributed by atoms with Gasteiger partial charge in [0.2, 0.25) is 0 Å². The van der Waals surface area contributed by atoms with Gasteiger partial charge in [-0.1, -0.05) is 30.3 Å². The van der Waals surface area contributed by atoms with Crippen molar-refractivity contribution in [3.8, 4) is 0 Å². The zero-order valence-corrected chi connectivity index (χ0v) is 9.52. The average molecular weight is 245 g/mol. The molecule has 1 heterocycles. The lowest BCUT2D eigenvalue weighted by Crippen LogP contribution is -2.06. The van der Waals surface area contributed by atoms with E-state index in [1.54, 1.807) is 24.3 Å². The summed E-state index contributed by atoms with van der Waals surface area (Å²) in [6.45, 7) is 0.335. The Balaban J connectivity index is 1.95. The average Bonchev–Trinajstić information content (AvgIpc) is 2.86. The summed E-state index contributed by atoms with van der Waals surface area (Å²) < 4.78 is 1.40. The maximum absolute atomic E-state index is 11.8. The molecule has 6 heteroatoms. The quantitative estimate of drug-likeness (QED) is 0.459. The number of nitrogens with zero attached hydrogens (tertiary/aromatic N) is 3. The SMILES string of the molecule is O=C(CCn1cc([N+](=O)[O-])cn1)c1ccccc1. The van der Waals surface area contributed by atoms with Crippen LogP contribution in [0.15, 0.2) is 42.7 Å². The number of hydrogen-bond acceptors (Lipinski definition) is 4. The lowest BCUT2D eigenvalue weighted by atomic mass is 10.1. The summed E-state index contributed by atoms with van der Waals surface area (Å²) in [5.41, 5.74) is 0.571.